The molecular formula is C20H30BNaO3S2. The summed E-state index contributed by atoms with van der Waals surface area (Å²) < 4.78 is 0.301. The van der Waals surface area contributed by atoms with Crippen molar-refractivity contribution in [2.24, 2.45) is 11.8 Å². The van der Waals surface area contributed by atoms with E-state index in [-0.39, 0.29) is 29.6 Å². The summed E-state index contributed by atoms with van der Waals surface area (Å²) in [6, 6.07) is 4.05. The first-order valence-electron chi connectivity index (χ1n) is 9.89. The zero-order chi connectivity index (χ0) is 18.7. The van der Waals surface area contributed by atoms with Gasteiger partial charge in [0.2, 0.25) is 0 Å². The van der Waals surface area contributed by atoms with Gasteiger partial charge in [-0.15, -0.1) is 11.3 Å². The molecule has 4 rings (SSSR count). The molecule has 0 aromatic carbocycles. The molecule has 2 aliphatic rings. The Labute approximate surface area is 193 Å². The van der Waals surface area contributed by atoms with Gasteiger partial charge in [0.15, 0.2) is 0 Å². The first-order valence-corrected chi connectivity index (χ1v) is 11.6. The Bertz CT molecular complexity index is 679. The Hall–Kier alpha value is 0.345. The van der Waals surface area contributed by atoms with Gasteiger partial charge in [-0.05, 0) is 60.1 Å². The van der Waals surface area contributed by atoms with Crippen LogP contribution in [0, 0.1) is 11.8 Å². The molecule has 2 aromatic heterocycles. The molecule has 0 aliphatic heterocycles. The first kappa shape index (κ1) is 23.6. The molecule has 0 saturated heterocycles. The summed E-state index contributed by atoms with van der Waals surface area (Å²) in [7, 11) is 0. The molecule has 27 heavy (non-hydrogen) atoms. The second-order valence-corrected chi connectivity index (χ2v) is 9.99. The maximum atomic E-state index is 9.10. The van der Waals surface area contributed by atoms with Gasteiger partial charge in [0.25, 0.3) is 0 Å². The van der Waals surface area contributed by atoms with E-state index in [1.54, 1.807) is 16.5 Å². The molecular weight excluding hydrogens is 386 g/mol. The van der Waals surface area contributed by atoms with Crippen LogP contribution in [-0.2, 0) is 25.7 Å². The first-order chi connectivity index (χ1) is 12.4. The fourth-order valence-corrected chi connectivity index (χ4v) is 6.54. The monoisotopic (exact) mass is 416 g/mol. The SMILES string of the molecule is CCCC1Cc2cc([B-](O)(O)O)sc2C1.CCCC1Cc2ccsc2C1.[Na+]. The van der Waals surface area contributed by atoms with Crippen molar-refractivity contribution in [3.05, 3.63) is 38.4 Å². The van der Waals surface area contributed by atoms with Gasteiger partial charge >= 0.3 is 36.3 Å². The molecule has 2 aromatic rings. The Morgan fingerprint density at radius 3 is 2.04 bits per heavy atom. The second-order valence-electron chi connectivity index (χ2n) is 7.83. The molecule has 3 nitrogen and oxygen atoms in total. The predicted octanol–water partition coefficient (Wildman–Crippen LogP) is 0.653. The summed E-state index contributed by atoms with van der Waals surface area (Å²) >= 11 is 3.28. The molecule has 0 radical (unpaired) electrons. The van der Waals surface area contributed by atoms with Crippen LogP contribution in [-0.4, -0.2) is 21.8 Å². The third-order valence-corrected chi connectivity index (χ3v) is 7.82. The maximum absolute atomic E-state index is 9.10. The molecule has 2 unspecified atom stereocenters. The standard InChI is InChI=1S/C10H16BO3S.C10H14S.Na/c1-2-3-7-4-8-6-10(11(12,13)14)15-9(8)5-7;1-2-3-8-6-9-4-5-11-10(9)7-8;/h6-7,12-14H,2-5H2,1H3;4-5,8H,2-3,6-7H2,1H3;/q-1;;+1. The van der Waals surface area contributed by atoms with Gasteiger partial charge in [-0.3, -0.25) is 0 Å². The average Bonchev–Trinajstić information content (AvgIpc) is 3.26. The summed E-state index contributed by atoms with van der Waals surface area (Å²) in [4.78, 5) is 2.87. The fraction of sp³-hybridized carbons (Fsp3) is 0.600. The molecule has 0 amide bonds. The van der Waals surface area contributed by atoms with Crippen molar-refractivity contribution in [2.45, 2.75) is 65.2 Å². The minimum atomic E-state index is -3.28. The summed E-state index contributed by atoms with van der Waals surface area (Å²) in [5.41, 5.74) is 2.82. The zero-order valence-electron chi connectivity index (χ0n) is 16.8. The molecule has 0 fully saturated rings. The van der Waals surface area contributed by atoms with Gasteiger partial charge in [0.05, 0.1) is 0 Å². The van der Waals surface area contributed by atoms with Crippen molar-refractivity contribution in [1.29, 1.82) is 0 Å². The molecule has 0 saturated carbocycles. The molecule has 7 heteroatoms. The van der Waals surface area contributed by atoms with Crippen LogP contribution < -0.4 is 34.3 Å². The van der Waals surface area contributed by atoms with Crippen molar-refractivity contribution < 1.29 is 44.6 Å². The minimum absolute atomic E-state index is 0. The summed E-state index contributed by atoms with van der Waals surface area (Å²) in [5.74, 6) is 1.69. The van der Waals surface area contributed by atoms with E-state index in [0.29, 0.717) is 10.7 Å². The van der Waals surface area contributed by atoms with Gasteiger partial charge in [-0.2, -0.15) is 11.3 Å². The van der Waals surface area contributed by atoms with E-state index in [1.165, 1.54) is 60.3 Å². The zero-order valence-corrected chi connectivity index (χ0v) is 20.4. The van der Waals surface area contributed by atoms with Crippen molar-refractivity contribution in [3.8, 4) is 0 Å². The molecule has 3 N–H and O–H groups in total. The van der Waals surface area contributed by atoms with Gasteiger partial charge in [0, 0.05) is 9.75 Å². The van der Waals surface area contributed by atoms with Gasteiger partial charge in [-0.1, -0.05) is 50.4 Å². The van der Waals surface area contributed by atoms with Crippen LogP contribution in [0.15, 0.2) is 17.5 Å². The van der Waals surface area contributed by atoms with Crippen LogP contribution in [0.4, 0.5) is 0 Å². The van der Waals surface area contributed by atoms with Crippen LogP contribution in [0.1, 0.15) is 60.4 Å². The van der Waals surface area contributed by atoms with Crippen LogP contribution in [0.5, 0.6) is 0 Å². The Balaban J connectivity index is 0.000000194. The van der Waals surface area contributed by atoms with E-state index < -0.39 is 6.75 Å². The number of thiophene rings is 2. The number of fused-ring (bicyclic) bond motifs is 2. The van der Waals surface area contributed by atoms with Crippen molar-refractivity contribution in [3.63, 3.8) is 0 Å². The topological polar surface area (TPSA) is 60.7 Å². The largest absolute Gasteiger partial charge is 1.00 e. The van der Waals surface area contributed by atoms with Crippen LogP contribution >= 0.6 is 22.7 Å². The smallest absolute Gasteiger partial charge is 0.555 e. The Kier molecular flexibility index (Phi) is 9.10. The van der Waals surface area contributed by atoms with Gasteiger partial charge in [-0.25, -0.2) is 0 Å². The summed E-state index contributed by atoms with van der Waals surface area (Å²) in [6.07, 6.45) is 9.95. The van der Waals surface area contributed by atoms with Crippen LogP contribution in [0.25, 0.3) is 0 Å². The van der Waals surface area contributed by atoms with Crippen molar-refractivity contribution >= 4 is 34.2 Å². The van der Waals surface area contributed by atoms with E-state index >= 15 is 0 Å². The summed E-state index contributed by atoms with van der Waals surface area (Å²) in [5, 5.41) is 29.5. The normalized spacial score (nSPS) is 20.5. The van der Waals surface area contributed by atoms with E-state index in [4.69, 9.17) is 15.1 Å². The van der Waals surface area contributed by atoms with Gasteiger partial charge < -0.3 is 15.1 Å². The van der Waals surface area contributed by atoms with E-state index in [1.807, 2.05) is 11.3 Å². The van der Waals surface area contributed by atoms with Crippen molar-refractivity contribution in [1.82, 2.24) is 0 Å². The molecule has 2 atom stereocenters. The predicted molar refractivity (Wildman–Crippen MR) is 112 cm³/mol. The number of hydrogen-bond donors (Lipinski definition) is 3. The van der Waals surface area contributed by atoms with E-state index in [0.717, 1.165) is 18.8 Å². The average molecular weight is 416 g/mol. The third kappa shape index (κ3) is 6.16. The second kappa shape index (κ2) is 10.4. The van der Waals surface area contributed by atoms with E-state index in [9.17, 15) is 0 Å². The quantitative estimate of drug-likeness (QED) is 0.628. The maximum Gasteiger partial charge on any atom is 1.00 e. The molecule has 144 valence electrons. The van der Waals surface area contributed by atoms with Gasteiger partial charge in [0.1, 0.15) is 0 Å². The summed E-state index contributed by atoms with van der Waals surface area (Å²) in [6.45, 7) is 1.18. The molecule has 0 bridgehead atoms. The third-order valence-electron chi connectivity index (χ3n) is 5.49. The van der Waals surface area contributed by atoms with Crippen LogP contribution in [0.3, 0.4) is 0 Å². The van der Waals surface area contributed by atoms with Crippen LogP contribution in [0.2, 0.25) is 0 Å². The fourth-order valence-electron chi connectivity index (χ4n) is 4.27. The minimum Gasteiger partial charge on any atom is -0.555 e. The molecule has 2 aliphatic carbocycles. The Morgan fingerprint density at radius 1 is 0.926 bits per heavy atom. The Morgan fingerprint density at radius 2 is 1.52 bits per heavy atom. The number of rotatable bonds is 5. The molecule has 2 heterocycles. The van der Waals surface area contributed by atoms with E-state index in [2.05, 4.69) is 25.3 Å². The number of hydrogen-bond acceptors (Lipinski definition) is 5. The molecule has 0 spiro atoms. The van der Waals surface area contributed by atoms with Crippen molar-refractivity contribution in [2.75, 3.05) is 0 Å².